The van der Waals surface area contributed by atoms with Crippen LogP contribution in [0.2, 0.25) is 0 Å². The number of morpholine rings is 1. The molecule has 2 aromatic rings. The lowest BCUT2D eigenvalue weighted by molar-refractivity contribution is -0.119. The minimum atomic E-state index is -1.08. The Hall–Kier alpha value is -3.62. The molecule has 3 aliphatic rings. The largest absolute Gasteiger partial charge is 0.490 e. The Kier molecular flexibility index (Phi) is 6.33. The fourth-order valence-electron chi connectivity index (χ4n) is 4.49. The van der Waals surface area contributed by atoms with E-state index in [0.717, 1.165) is 26.1 Å². The number of rotatable bonds is 5. The molecule has 0 bridgehead atoms. The van der Waals surface area contributed by atoms with Crippen molar-refractivity contribution in [1.29, 1.82) is 5.26 Å². The molecule has 0 aliphatic carbocycles. The Morgan fingerprint density at radius 2 is 1.94 bits per heavy atom. The zero-order valence-electron chi connectivity index (χ0n) is 18.6. The van der Waals surface area contributed by atoms with Crippen LogP contribution in [0.5, 0.6) is 11.5 Å². The number of aromatic amines is 1. The standard InChI is InChI=1S/C23H26N6O5/c24-13-15-18(14-2-3-16-17(12-14)34-9-1-8-33-16)19-20(26-21(15)30)27-23(28-22(19)31)25-4-5-29-6-10-32-11-7-29/h2-3,12,15,18H,1,4-11H2,(H3,25,26,27,28,30,31). The number of benzene rings is 1. The quantitative estimate of drug-likeness (QED) is 0.586. The van der Waals surface area contributed by atoms with Gasteiger partial charge < -0.3 is 24.8 Å². The molecule has 178 valence electrons. The molecular weight excluding hydrogens is 440 g/mol. The normalized spacial score (nSPS) is 22.1. The highest BCUT2D eigenvalue weighted by molar-refractivity contribution is 5.98. The summed E-state index contributed by atoms with van der Waals surface area (Å²) < 4.78 is 16.8. The molecule has 3 N–H and O–H groups in total. The van der Waals surface area contributed by atoms with Crippen molar-refractivity contribution in [3.8, 4) is 17.6 Å². The molecule has 1 fully saturated rings. The number of amides is 1. The van der Waals surface area contributed by atoms with Gasteiger partial charge in [0, 0.05) is 38.5 Å². The molecular formula is C23H26N6O5. The Bertz CT molecular complexity index is 1170. The number of nitriles is 1. The maximum Gasteiger partial charge on any atom is 0.258 e. The van der Waals surface area contributed by atoms with Crippen molar-refractivity contribution in [1.82, 2.24) is 14.9 Å². The summed E-state index contributed by atoms with van der Waals surface area (Å²) in [4.78, 5) is 35.4. The van der Waals surface area contributed by atoms with Gasteiger partial charge in [0.2, 0.25) is 11.9 Å². The molecule has 0 spiro atoms. The second-order valence-corrected chi connectivity index (χ2v) is 8.39. The van der Waals surface area contributed by atoms with Crippen molar-refractivity contribution in [2.24, 2.45) is 5.92 Å². The summed E-state index contributed by atoms with van der Waals surface area (Å²) in [5, 5.41) is 15.5. The molecule has 1 aromatic heterocycles. The minimum absolute atomic E-state index is 0.159. The topological polar surface area (TPSA) is 142 Å². The number of nitrogens with zero attached hydrogens (tertiary/aromatic N) is 3. The number of hydrogen-bond acceptors (Lipinski definition) is 9. The number of ether oxygens (including phenoxy) is 3. The third-order valence-corrected chi connectivity index (χ3v) is 6.22. The van der Waals surface area contributed by atoms with Crippen LogP contribution in [0.1, 0.15) is 23.5 Å². The van der Waals surface area contributed by atoms with Gasteiger partial charge in [-0.25, -0.2) is 0 Å². The molecule has 5 rings (SSSR count). The van der Waals surface area contributed by atoms with Crippen LogP contribution in [0.15, 0.2) is 23.0 Å². The Morgan fingerprint density at radius 1 is 1.15 bits per heavy atom. The van der Waals surface area contributed by atoms with Crippen molar-refractivity contribution in [3.63, 3.8) is 0 Å². The smallest absolute Gasteiger partial charge is 0.258 e. The maximum absolute atomic E-state index is 13.2. The van der Waals surface area contributed by atoms with Crippen LogP contribution in [0.4, 0.5) is 11.8 Å². The minimum Gasteiger partial charge on any atom is -0.490 e. The van der Waals surface area contributed by atoms with Crippen LogP contribution in [-0.2, 0) is 9.53 Å². The van der Waals surface area contributed by atoms with E-state index in [9.17, 15) is 14.9 Å². The van der Waals surface area contributed by atoms with E-state index in [0.29, 0.717) is 50.0 Å². The third kappa shape index (κ3) is 4.42. The molecule has 2 atom stereocenters. The van der Waals surface area contributed by atoms with E-state index in [2.05, 4.69) is 31.6 Å². The Labute approximate surface area is 196 Å². The Balaban J connectivity index is 1.43. The molecule has 1 aromatic carbocycles. The van der Waals surface area contributed by atoms with Gasteiger partial charge in [-0.3, -0.25) is 19.5 Å². The lowest BCUT2D eigenvalue weighted by Crippen LogP contribution is -2.40. The van der Waals surface area contributed by atoms with E-state index in [1.165, 1.54) is 0 Å². The van der Waals surface area contributed by atoms with Crippen molar-refractivity contribution in [3.05, 3.63) is 39.7 Å². The zero-order chi connectivity index (χ0) is 23.5. The van der Waals surface area contributed by atoms with Crippen molar-refractivity contribution in [2.45, 2.75) is 12.3 Å². The first-order chi connectivity index (χ1) is 16.6. The van der Waals surface area contributed by atoms with E-state index >= 15 is 0 Å². The third-order valence-electron chi connectivity index (χ3n) is 6.22. The van der Waals surface area contributed by atoms with E-state index in [4.69, 9.17) is 14.2 Å². The van der Waals surface area contributed by atoms with E-state index in [-0.39, 0.29) is 17.3 Å². The fourth-order valence-corrected chi connectivity index (χ4v) is 4.49. The van der Waals surface area contributed by atoms with Gasteiger partial charge in [-0.2, -0.15) is 10.2 Å². The molecule has 0 saturated carbocycles. The summed E-state index contributed by atoms with van der Waals surface area (Å²) >= 11 is 0. The van der Waals surface area contributed by atoms with Gasteiger partial charge in [0.25, 0.3) is 5.56 Å². The molecule has 2 unspecified atom stereocenters. The average Bonchev–Trinajstić information content (AvgIpc) is 3.09. The summed E-state index contributed by atoms with van der Waals surface area (Å²) in [5.74, 6) is -0.808. The average molecular weight is 466 g/mol. The van der Waals surface area contributed by atoms with Crippen LogP contribution in [0, 0.1) is 17.2 Å². The van der Waals surface area contributed by atoms with E-state index in [1.807, 2.05) is 0 Å². The van der Waals surface area contributed by atoms with Gasteiger partial charge in [0.15, 0.2) is 11.5 Å². The Morgan fingerprint density at radius 3 is 2.74 bits per heavy atom. The van der Waals surface area contributed by atoms with Gasteiger partial charge in [-0.05, 0) is 17.7 Å². The highest BCUT2D eigenvalue weighted by Gasteiger charge is 2.40. The fraction of sp³-hybridized carbons (Fsp3) is 0.478. The van der Waals surface area contributed by atoms with Gasteiger partial charge in [-0.15, -0.1) is 0 Å². The number of anilines is 2. The number of H-pyrrole nitrogens is 1. The molecule has 11 heteroatoms. The van der Waals surface area contributed by atoms with Crippen LogP contribution >= 0.6 is 0 Å². The molecule has 4 heterocycles. The summed E-state index contributed by atoms with van der Waals surface area (Å²) in [7, 11) is 0. The van der Waals surface area contributed by atoms with Gasteiger partial charge >= 0.3 is 0 Å². The first kappa shape index (κ1) is 22.2. The summed E-state index contributed by atoms with van der Waals surface area (Å²) in [6.45, 7) is 5.53. The van der Waals surface area contributed by atoms with Crippen molar-refractivity contribution in [2.75, 3.05) is 63.2 Å². The number of aromatic nitrogens is 2. The predicted molar refractivity (Wildman–Crippen MR) is 122 cm³/mol. The van der Waals surface area contributed by atoms with E-state index in [1.54, 1.807) is 18.2 Å². The maximum atomic E-state index is 13.2. The van der Waals surface area contributed by atoms with Crippen molar-refractivity contribution >= 4 is 17.7 Å². The van der Waals surface area contributed by atoms with Crippen LogP contribution < -0.4 is 25.7 Å². The summed E-state index contributed by atoms with van der Waals surface area (Å²) in [6, 6.07) is 7.31. The number of hydrogen-bond donors (Lipinski definition) is 3. The highest BCUT2D eigenvalue weighted by Crippen LogP contribution is 2.41. The lowest BCUT2D eigenvalue weighted by atomic mass is 9.79. The molecule has 1 amide bonds. The number of fused-ring (bicyclic) bond motifs is 2. The monoisotopic (exact) mass is 466 g/mol. The zero-order valence-corrected chi connectivity index (χ0v) is 18.6. The van der Waals surface area contributed by atoms with Crippen molar-refractivity contribution < 1.29 is 19.0 Å². The molecule has 34 heavy (non-hydrogen) atoms. The van der Waals surface area contributed by atoms with E-state index < -0.39 is 23.3 Å². The number of carbonyl (C=O) groups excluding carboxylic acids is 1. The lowest BCUT2D eigenvalue weighted by Gasteiger charge is -2.29. The highest BCUT2D eigenvalue weighted by atomic mass is 16.5. The van der Waals surface area contributed by atoms with Gasteiger partial charge in [-0.1, -0.05) is 6.07 Å². The van der Waals surface area contributed by atoms with Gasteiger partial charge in [0.05, 0.1) is 38.1 Å². The summed E-state index contributed by atoms with van der Waals surface area (Å²) in [5.41, 5.74) is 0.461. The predicted octanol–water partition coefficient (Wildman–Crippen LogP) is 0.899. The molecule has 3 aliphatic heterocycles. The SMILES string of the molecule is N#CC1C(=O)Nc2nc(NCCN3CCOCC3)[nH]c(=O)c2C1c1ccc2c(c1)OCCCO2. The van der Waals surface area contributed by atoms with Crippen LogP contribution in [-0.4, -0.2) is 73.4 Å². The first-order valence-corrected chi connectivity index (χ1v) is 11.4. The first-order valence-electron chi connectivity index (χ1n) is 11.4. The van der Waals surface area contributed by atoms with Gasteiger partial charge in [0.1, 0.15) is 11.7 Å². The molecule has 11 nitrogen and oxygen atoms in total. The van der Waals surface area contributed by atoms with Crippen LogP contribution in [0.3, 0.4) is 0 Å². The second kappa shape index (κ2) is 9.70. The number of nitrogens with one attached hydrogen (secondary N) is 3. The molecule has 1 saturated heterocycles. The molecule has 0 radical (unpaired) electrons. The summed E-state index contributed by atoms with van der Waals surface area (Å²) in [6.07, 6.45) is 0.754. The number of carbonyl (C=O) groups is 1. The second-order valence-electron chi connectivity index (χ2n) is 8.39. The van der Waals surface area contributed by atoms with Crippen LogP contribution in [0.25, 0.3) is 0 Å².